The van der Waals surface area contributed by atoms with Gasteiger partial charge in [0.15, 0.2) is 23.4 Å². The summed E-state index contributed by atoms with van der Waals surface area (Å²) in [5.74, 6) is 2.12. The van der Waals surface area contributed by atoms with Crippen molar-refractivity contribution in [2.24, 2.45) is 5.92 Å². The molecule has 0 saturated heterocycles. The van der Waals surface area contributed by atoms with Crippen LogP contribution in [-0.2, 0) is 24.4 Å². The predicted octanol–water partition coefficient (Wildman–Crippen LogP) is 4.77. The van der Waals surface area contributed by atoms with Gasteiger partial charge in [-0.05, 0) is 55.2 Å². The number of carbonyl (C=O) groups excluding carboxylic acids is 2. The molecule has 0 radical (unpaired) electrons. The number of hydrogen-bond donors (Lipinski definition) is 1. The van der Waals surface area contributed by atoms with Crippen molar-refractivity contribution in [2.75, 3.05) is 11.9 Å². The molecule has 8 nitrogen and oxygen atoms in total. The van der Waals surface area contributed by atoms with E-state index in [1.807, 2.05) is 23.6 Å². The average molecular weight is 495 g/mol. The first-order chi connectivity index (χ1) is 16.8. The van der Waals surface area contributed by atoms with Gasteiger partial charge in [0.2, 0.25) is 0 Å². The molecular weight excluding hydrogens is 464 g/mol. The van der Waals surface area contributed by atoms with Crippen molar-refractivity contribution in [1.82, 2.24) is 14.8 Å². The Morgan fingerprint density at radius 2 is 1.94 bits per heavy atom. The molecule has 4 rings (SSSR count). The number of thioether (sulfide) groups is 1. The third kappa shape index (κ3) is 6.03. The van der Waals surface area contributed by atoms with Crippen LogP contribution in [0.4, 0.5) is 5.69 Å². The quantitative estimate of drug-likeness (QED) is 0.320. The number of aryl methyl sites for hydroxylation is 1. The summed E-state index contributed by atoms with van der Waals surface area (Å²) in [5, 5.41) is 11.8. The summed E-state index contributed by atoms with van der Waals surface area (Å²) in [5.41, 5.74) is 2.27. The zero-order valence-corrected chi connectivity index (χ0v) is 21.2. The summed E-state index contributed by atoms with van der Waals surface area (Å²) >= 11 is 1.37. The van der Waals surface area contributed by atoms with E-state index in [0.717, 1.165) is 12.2 Å². The number of anilines is 1. The van der Waals surface area contributed by atoms with E-state index in [-0.39, 0.29) is 18.3 Å². The third-order valence-electron chi connectivity index (χ3n) is 5.59. The van der Waals surface area contributed by atoms with Gasteiger partial charge in [-0.2, -0.15) is 0 Å². The Bertz CT molecular complexity index is 1210. The molecule has 9 heteroatoms. The van der Waals surface area contributed by atoms with Crippen molar-refractivity contribution in [2.45, 2.75) is 57.7 Å². The fraction of sp³-hybridized carbons (Fsp3) is 0.385. The zero-order valence-electron chi connectivity index (χ0n) is 20.4. The van der Waals surface area contributed by atoms with E-state index >= 15 is 0 Å². The van der Waals surface area contributed by atoms with Gasteiger partial charge in [0, 0.05) is 12.1 Å². The van der Waals surface area contributed by atoms with E-state index in [9.17, 15) is 9.59 Å². The van der Waals surface area contributed by atoms with Crippen molar-refractivity contribution in [3.8, 4) is 11.5 Å². The van der Waals surface area contributed by atoms with E-state index < -0.39 is 5.25 Å². The molecule has 1 atom stereocenters. The SMILES string of the molecule is CCc1ccc(OCc2nnc(S[C@@H](C)C(=O)c3ccc4c(c3)NC(=O)CO4)n2CC(C)C)cc1. The number of fused-ring (bicyclic) bond motifs is 1. The highest BCUT2D eigenvalue weighted by Crippen LogP contribution is 2.31. The van der Waals surface area contributed by atoms with Crippen LogP contribution in [0.3, 0.4) is 0 Å². The van der Waals surface area contributed by atoms with Gasteiger partial charge in [-0.1, -0.05) is 44.7 Å². The third-order valence-corrected chi connectivity index (χ3v) is 6.67. The Kier molecular flexibility index (Phi) is 7.75. The van der Waals surface area contributed by atoms with E-state index in [1.54, 1.807) is 18.2 Å². The Balaban J connectivity index is 1.47. The molecule has 2 aromatic carbocycles. The molecule has 0 unspecified atom stereocenters. The highest BCUT2D eigenvalue weighted by atomic mass is 32.2. The number of nitrogens with one attached hydrogen (secondary N) is 1. The first kappa shape index (κ1) is 24.8. The van der Waals surface area contributed by atoms with Crippen LogP contribution in [0.5, 0.6) is 11.5 Å². The summed E-state index contributed by atoms with van der Waals surface area (Å²) < 4.78 is 13.4. The topological polar surface area (TPSA) is 95.3 Å². The van der Waals surface area contributed by atoms with Crippen molar-refractivity contribution < 1.29 is 19.1 Å². The Morgan fingerprint density at radius 3 is 2.66 bits per heavy atom. The molecule has 1 N–H and O–H groups in total. The molecule has 1 aromatic heterocycles. The second-order valence-electron chi connectivity index (χ2n) is 8.86. The lowest BCUT2D eigenvalue weighted by Gasteiger charge is -2.19. The van der Waals surface area contributed by atoms with Gasteiger partial charge in [-0.15, -0.1) is 10.2 Å². The van der Waals surface area contributed by atoms with Gasteiger partial charge in [0.1, 0.15) is 18.1 Å². The molecule has 1 aliphatic rings. The van der Waals surface area contributed by atoms with Crippen molar-refractivity contribution in [3.05, 3.63) is 59.4 Å². The lowest BCUT2D eigenvalue weighted by atomic mass is 10.1. The lowest BCUT2D eigenvalue weighted by Crippen LogP contribution is -2.26. The average Bonchev–Trinajstić information content (AvgIpc) is 3.22. The standard InChI is InChI=1S/C26H30N4O4S/c1-5-18-6-9-20(10-7-18)33-14-23-28-29-26(30(23)13-16(2)3)35-17(4)25(32)19-8-11-22-21(12-19)27-24(31)15-34-22/h6-12,16-17H,5,13-15H2,1-4H3,(H,27,31)/t17-/m0/s1. The van der Waals surface area contributed by atoms with Crippen LogP contribution in [0.15, 0.2) is 47.6 Å². The van der Waals surface area contributed by atoms with Crippen LogP contribution < -0.4 is 14.8 Å². The molecule has 35 heavy (non-hydrogen) atoms. The van der Waals surface area contributed by atoms with Crippen LogP contribution >= 0.6 is 11.8 Å². The molecule has 3 aromatic rings. The predicted molar refractivity (Wildman–Crippen MR) is 135 cm³/mol. The number of rotatable bonds is 10. The number of nitrogens with zero attached hydrogens (tertiary/aromatic N) is 3. The van der Waals surface area contributed by atoms with E-state index in [1.165, 1.54) is 17.3 Å². The normalized spacial score (nSPS) is 13.7. The molecule has 2 heterocycles. The number of aromatic nitrogens is 3. The van der Waals surface area contributed by atoms with Crippen LogP contribution in [0.2, 0.25) is 0 Å². The molecule has 1 aliphatic heterocycles. The summed E-state index contributed by atoms with van der Waals surface area (Å²) in [6.45, 7) is 9.20. The maximum Gasteiger partial charge on any atom is 0.262 e. The smallest absolute Gasteiger partial charge is 0.262 e. The number of Topliss-reactive ketones (excluding diaryl/α,β-unsaturated/α-hetero) is 1. The van der Waals surface area contributed by atoms with Crippen LogP contribution in [0, 0.1) is 5.92 Å². The lowest BCUT2D eigenvalue weighted by molar-refractivity contribution is -0.118. The molecule has 0 spiro atoms. The minimum absolute atomic E-state index is 0.0197. The molecule has 0 fully saturated rings. The van der Waals surface area contributed by atoms with Gasteiger partial charge < -0.3 is 19.4 Å². The van der Waals surface area contributed by atoms with Gasteiger partial charge in [0.25, 0.3) is 5.91 Å². The van der Waals surface area contributed by atoms with Gasteiger partial charge in [-0.25, -0.2) is 0 Å². The highest BCUT2D eigenvalue weighted by Gasteiger charge is 2.24. The summed E-state index contributed by atoms with van der Waals surface area (Å²) in [6.07, 6.45) is 0.981. The first-order valence-corrected chi connectivity index (χ1v) is 12.6. The van der Waals surface area contributed by atoms with E-state index in [2.05, 4.69) is 48.4 Å². The zero-order chi connectivity index (χ0) is 24.9. The summed E-state index contributed by atoms with van der Waals surface area (Å²) in [4.78, 5) is 24.8. The van der Waals surface area contributed by atoms with Crippen LogP contribution in [0.1, 0.15) is 49.4 Å². The number of ether oxygens (including phenoxy) is 2. The van der Waals surface area contributed by atoms with Crippen molar-refractivity contribution in [3.63, 3.8) is 0 Å². The van der Waals surface area contributed by atoms with Gasteiger partial charge in [0.05, 0.1) is 10.9 Å². The monoisotopic (exact) mass is 494 g/mol. The number of carbonyl (C=O) groups is 2. The molecule has 1 amide bonds. The molecule has 0 saturated carbocycles. The molecule has 0 aliphatic carbocycles. The number of benzene rings is 2. The number of amides is 1. The van der Waals surface area contributed by atoms with Gasteiger partial charge >= 0.3 is 0 Å². The van der Waals surface area contributed by atoms with Crippen molar-refractivity contribution >= 4 is 29.1 Å². The minimum atomic E-state index is -0.404. The minimum Gasteiger partial charge on any atom is -0.486 e. The molecular formula is C26H30N4O4S. The number of hydrogen-bond acceptors (Lipinski definition) is 7. The Morgan fingerprint density at radius 1 is 1.17 bits per heavy atom. The van der Waals surface area contributed by atoms with Crippen molar-refractivity contribution in [1.29, 1.82) is 0 Å². The second-order valence-corrected chi connectivity index (χ2v) is 10.2. The Labute approximate surface area is 209 Å². The fourth-order valence-electron chi connectivity index (χ4n) is 3.71. The second kappa shape index (κ2) is 10.9. The molecule has 184 valence electrons. The first-order valence-electron chi connectivity index (χ1n) is 11.8. The maximum absolute atomic E-state index is 13.2. The maximum atomic E-state index is 13.2. The Hall–Kier alpha value is -3.33. The fourth-order valence-corrected chi connectivity index (χ4v) is 4.67. The van der Waals surface area contributed by atoms with E-state index in [4.69, 9.17) is 9.47 Å². The number of ketones is 1. The van der Waals surface area contributed by atoms with Crippen LogP contribution in [0.25, 0.3) is 0 Å². The summed E-state index contributed by atoms with van der Waals surface area (Å²) in [6, 6.07) is 13.1. The largest absolute Gasteiger partial charge is 0.486 e. The highest BCUT2D eigenvalue weighted by molar-refractivity contribution is 8.00. The van der Waals surface area contributed by atoms with Crippen LogP contribution in [-0.4, -0.2) is 38.3 Å². The molecule has 0 bridgehead atoms. The van der Waals surface area contributed by atoms with E-state index in [0.29, 0.717) is 47.1 Å². The van der Waals surface area contributed by atoms with Gasteiger partial charge in [-0.3, -0.25) is 9.59 Å². The summed E-state index contributed by atoms with van der Waals surface area (Å²) in [7, 11) is 0.